The van der Waals surface area contributed by atoms with Gasteiger partial charge in [0.2, 0.25) is 6.08 Å². The van der Waals surface area contributed by atoms with Crippen LogP contribution < -0.4 is 0 Å². The molecule has 0 saturated heterocycles. The third-order valence-electron chi connectivity index (χ3n) is 0.803. The van der Waals surface area contributed by atoms with Crippen LogP contribution in [0.1, 0.15) is 20.8 Å². The van der Waals surface area contributed by atoms with Crippen molar-refractivity contribution in [2.75, 3.05) is 13.2 Å². The van der Waals surface area contributed by atoms with Gasteiger partial charge in [0.1, 0.15) is 0 Å². The second-order valence-corrected chi connectivity index (χ2v) is 1.58. The van der Waals surface area contributed by atoms with Crippen LogP contribution in [0.3, 0.4) is 0 Å². The van der Waals surface area contributed by atoms with Gasteiger partial charge in [-0.1, -0.05) is 0 Å². The fourth-order valence-corrected chi connectivity index (χ4v) is 0.518. The highest BCUT2D eigenvalue weighted by molar-refractivity contribution is 5.26. The molecule has 0 heterocycles. The van der Waals surface area contributed by atoms with E-state index in [1.807, 2.05) is 20.8 Å². The van der Waals surface area contributed by atoms with Crippen molar-refractivity contribution in [1.82, 2.24) is 0 Å². The zero-order valence-corrected chi connectivity index (χ0v) is 7.22. The van der Waals surface area contributed by atoms with E-state index in [0.717, 1.165) is 19.3 Å². The Labute approximate surface area is 67.0 Å². The molecule has 0 fully saturated rings. The Morgan fingerprint density at radius 1 is 1.36 bits per heavy atom. The second kappa shape index (κ2) is 12.0. The summed E-state index contributed by atoms with van der Waals surface area (Å²) in [5.41, 5.74) is 0. The molecule has 66 valence electrons. The van der Waals surface area contributed by atoms with Crippen LogP contribution >= 0.6 is 0 Å². The average Bonchev–Trinajstić information content (AvgIpc) is 1.90. The van der Waals surface area contributed by atoms with Crippen LogP contribution in [0, 0.1) is 5.41 Å². The molecule has 0 bridgehead atoms. The zero-order valence-electron chi connectivity index (χ0n) is 7.22. The maximum Gasteiger partial charge on any atom is 0.231 e. The van der Waals surface area contributed by atoms with Gasteiger partial charge in [0, 0.05) is 13.2 Å². The fourth-order valence-electron chi connectivity index (χ4n) is 0.518. The summed E-state index contributed by atoms with van der Waals surface area (Å²) in [5.74, 6) is 0. The summed E-state index contributed by atoms with van der Waals surface area (Å²) in [7, 11) is 0. The van der Waals surface area contributed by atoms with Crippen LogP contribution in [0.2, 0.25) is 0 Å². The molecule has 1 N–H and O–H groups in total. The summed E-state index contributed by atoms with van der Waals surface area (Å²) >= 11 is 0. The molecule has 11 heavy (non-hydrogen) atoms. The van der Waals surface area contributed by atoms with E-state index in [0.29, 0.717) is 0 Å². The molecular weight excluding hydrogens is 146 g/mol. The Kier molecular flexibility index (Phi) is 14.1. The van der Waals surface area contributed by atoms with Gasteiger partial charge in [-0.15, -0.1) is 0 Å². The smallest absolute Gasteiger partial charge is 0.231 e. The molecular formula is C7H15NO3. The highest BCUT2D eigenvalue weighted by atomic mass is 16.7. The van der Waals surface area contributed by atoms with Crippen LogP contribution in [0.25, 0.3) is 0 Å². The molecule has 0 aromatic rings. The van der Waals surface area contributed by atoms with E-state index in [-0.39, 0.29) is 6.29 Å². The van der Waals surface area contributed by atoms with E-state index >= 15 is 0 Å². The first kappa shape index (κ1) is 12.9. The first-order chi connectivity index (χ1) is 5.22. The molecule has 4 nitrogen and oxygen atoms in total. The van der Waals surface area contributed by atoms with Gasteiger partial charge in [0.05, 0.1) is 0 Å². The normalized spacial score (nSPS) is 8.36. The molecule has 0 aliphatic carbocycles. The number of isocyanates is 1. The number of ether oxygens (including phenoxy) is 2. The van der Waals surface area contributed by atoms with Gasteiger partial charge in [0.15, 0.2) is 6.29 Å². The number of hydrogen-bond donors (Lipinski definition) is 1. The lowest BCUT2D eigenvalue weighted by atomic mass is 10.7. The van der Waals surface area contributed by atoms with Crippen LogP contribution in [0.5, 0.6) is 0 Å². The monoisotopic (exact) mass is 161 g/mol. The summed E-state index contributed by atoms with van der Waals surface area (Å²) in [6.07, 6.45) is 0.713. The van der Waals surface area contributed by atoms with Crippen molar-refractivity contribution in [3.63, 3.8) is 0 Å². The summed E-state index contributed by atoms with van der Waals surface area (Å²) < 4.78 is 10.1. The second-order valence-electron chi connectivity index (χ2n) is 1.58. The van der Waals surface area contributed by atoms with Crippen LogP contribution in [-0.2, 0) is 14.3 Å². The van der Waals surface area contributed by atoms with Gasteiger partial charge in [0.25, 0.3) is 0 Å². The lowest BCUT2D eigenvalue weighted by Crippen LogP contribution is -2.11. The van der Waals surface area contributed by atoms with E-state index in [1.54, 1.807) is 0 Å². The highest BCUT2D eigenvalue weighted by Crippen LogP contribution is 1.90. The summed E-state index contributed by atoms with van der Waals surface area (Å²) in [6, 6.07) is 0. The fraction of sp³-hybridized carbons (Fsp3) is 0.857. The van der Waals surface area contributed by atoms with Crippen molar-refractivity contribution in [3.8, 4) is 0 Å². The van der Waals surface area contributed by atoms with Crippen molar-refractivity contribution in [1.29, 1.82) is 5.41 Å². The van der Waals surface area contributed by atoms with Crippen molar-refractivity contribution in [3.05, 3.63) is 0 Å². The van der Waals surface area contributed by atoms with Gasteiger partial charge in [-0.25, -0.2) is 10.2 Å². The molecule has 0 radical (unpaired) electrons. The third kappa shape index (κ3) is 17.6. The molecule has 0 aromatic heterocycles. The van der Waals surface area contributed by atoms with E-state index < -0.39 is 0 Å². The van der Waals surface area contributed by atoms with E-state index in [4.69, 9.17) is 19.7 Å². The minimum absolute atomic E-state index is 0.0370. The predicted octanol–water partition coefficient (Wildman–Crippen LogP) is 1.31. The van der Waals surface area contributed by atoms with Gasteiger partial charge < -0.3 is 9.47 Å². The maximum atomic E-state index is 8.35. The van der Waals surface area contributed by atoms with Crippen molar-refractivity contribution < 1.29 is 14.3 Å². The summed E-state index contributed by atoms with van der Waals surface area (Å²) in [5, 5.41) is 5.40. The third-order valence-corrected chi connectivity index (χ3v) is 0.803. The minimum atomic E-state index is -0.0370. The van der Waals surface area contributed by atoms with Crippen LogP contribution in [-0.4, -0.2) is 25.6 Å². The summed E-state index contributed by atoms with van der Waals surface area (Å²) in [6.45, 7) is 7.25. The molecule has 0 amide bonds. The molecule has 0 spiro atoms. The van der Waals surface area contributed by atoms with Gasteiger partial charge >= 0.3 is 0 Å². The van der Waals surface area contributed by atoms with Crippen LogP contribution in [0.15, 0.2) is 0 Å². The van der Waals surface area contributed by atoms with Gasteiger partial charge in [-0.05, 0) is 20.8 Å². The summed E-state index contributed by atoms with van der Waals surface area (Å²) in [4.78, 5) is 8.35. The zero-order chi connectivity index (χ0) is 9.11. The van der Waals surface area contributed by atoms with Crippen LogP contribution in [0.4, 0.5) is 0 Å². The lowest BCUT2D eigenvalue weighted by Gasteiger charge is -2.09. The molecule has 0 unspecified atom stereocenters. The Hall–Kier alpha value is -0.700. The Morgan fingerprint density at radius 2 is 1.64 bits per heavy atom. The quantitative estimate of drug-likeness (QED) is 0.384. The number of rotatable bonds is 4. The van der Waals surface area contributed by atoms with Gasteiger partial charge in [-0.3, -0.25) is 0 Å². The van der Waals surface area contributed by atoms with E-state index in [2.05, 4.69) is 0 Å². The lowest BCUT2D eigenvalue weighted by molar-refractivity contribution is -0.123. The Morgan fingerprint density at radius 3 is 1.82 bits per heavy atom. The molecule has 0 aliphatic heterocycles. The molecule has 0 saturated carbocycles. The molecule has 0 aliphatic rings. The number of hydrogen-bond acceptors (Lipinski definition) is 4. The highest BCUT2D eigenvalue weighted by Gasteiger charge is 1.94. The minimum Gasteiger partial charge on any atom is -0.353 e. The molecule has 0 aromatic carbocycles. The first-order valence-corrected chi connectivity index (χ1v) is 3.49. The molecule has 4 heteroatoms. The molecule has 0 atom stereocenters. The predicted molar refractivity (Wildman–Crippen MR) is 41.1 cm³/mol. The Balaban J connectivity index is 0. The standard InChI is InChI=1S/C6H14O2.CHNO/c1-4-7-6(3)8-5-2;2-1-3/h6H,4-5H2,1-3H3;2H. The first-order valence-electron chi connectivity index (χ1n) is 3.49. The van der Waals surface area contributed by atoms with Crippen molar-refractivity contribution in [2.24, 2.45) is 0 Å². The largest absolute Gasteiger partial charge is 0.353 e. The topological polar surface area (TPSA) is 59.4 Å². The van der Waals surface area contributed by atoms with Crippen molar-refractivity contribution >= 4 is 6.08 Å². The number of carbonyl (C=O) groups excluding carboxylic acids is 1. The number of nitrogens with one attached hydrogen (secondary N) is 1. The maximum absolute atomic E-state index is 8.35. The Bertz CT molecular complexity index is 93.9. The van der Waals surface area contributed by atoms with E-state index in [1.165, 1.54) is 0 Å². The van der Waals surface area contributed by atoms with E-state index in [9.17, 15) is 0 Å². The SMILES string of the molecule is CCOC(C)OCC.N=C=O. The van der Waals surface area contributed by atoms with Gasteiger partial charge in [-0.2, -0.15) is 0 Å². The molecule has 0 rings (SSSR count). The van der Waals surface area contributed by atoms with Crippen molar-refractivity contribution in [2.45, 2.75) is 27.1 Å². The average molecular weight is 161 g/mol.